The largest absolute Gasteiger partial charge is 0.275 e. The smallest absolute Gasteiger partial charge is 0.253 e. The maximum absolute atomic E-state index is 11.6. The van der Waals surface area contributed by atoms with Crippen molar-refractivity contribution in [3.05, 3.63) is 12.2 Å². The Hall–Kier alpha value is -1.12. The molecule has 0 spiro atoms. The summed E-state index contributed by atoms with van der Waals surface area (Å²) < 4.78 is 0. The van der Waals surface area contributed by atoms with Crippen LogP contribution in [0.25, 0.3) is 0 Å². The van der Waals surface area contributed by atoms with Gasteiger partial charge in [-0.1, -0.05) is 97.8 Å². The summed E-state index contributed by atoms with van der Waals surface area (Å²) in [6.07, 6.45) is 24.3. The van der Waals surface area contributed by atoms with Crippen molar-refractivity contribution in [2.75, 3.05) is 6.54 Å². The van der Waals surface area contributed by atoms with Gasteiger partial charge in [-0.3, -0.25) is 14.5 Å². The number of rotatable bonds is 16. The Bertz CT molecular complexity index is 537. The second kappa shape index (κ2) is 14.9. The minimum atomic E-state index is -0.141. The predicted octanol–water partition coefficient (Wildman–Crippen LogP) is 7.69. The molecule has 0 aromatic rings. The molecule has 3 heteroatoms. The van der Waals surface area contributed by atoms with E-state index in [1.54, 1.807) is 0 Å². The Kier molecular flexibility index (Phi) is 12.5. The number of carbonyl (C=O) groups excluding carboxylic acids is 2. The maximum atomic E-state index is 11.6. The van der Waals surface area contributed by atoms with E-state index < -0.39 is 0 Å². The van der Waals surface area contributed by atoms with Gasteiger partial charge in [-0.05, 0) is 49.4 Å². The summed E-state index contributed by atoms with van der Waals surface area (Å²) in [7, 11) is 0. The van der Waals surface area contributed by atoms with Crippen molar-refractivity contribution in [1.82, 2.24) is 4.90 Å². The minimum Gasteiger partial charge on any atom is -0.275 e. The van der Waals surface area contributed by atoms with Crippen LogP contribution in [0.2, 0.25) is 0 Å². The lowest BCUT2D eigenvalue weighted by atomic mass is 9.61. The van der Waals surface area contributed by atoms with Crippen LogP contribution in [-0.4, -0.2) is 23.3 Å². The molecule has 0 saturated heterocycles. The van der Waals surface area contributed by atoms with Gasteiger partial charge >= 0.3 is 0 Å². The van der Waals surface area contributed by atoms with Crippen LogP contribution in [0, 0.1) is 23.7 Å². The number of hydrogen-bond acceptors (Lipinski definition) is 2. The molecule has 1 saturated carbocycles. The summed E-state index contributed by atoms with van der Waals surface area (Å²) in [5, 5.41) is 0. The Balaban J connectivity index is 1.66. The SMILES string of the molecule is CCCCC1C(CCC)CCC(CCCCCCCCN2C(=O)C=CC2=O)C1CCC. The zero-order chi connectivity index (χ0) is 22.5. The van der Waals surface area contributed by atoms with Crippen LogP contribution in [0.4, 0.5) is 0 Å². The van der Waals surface area contributed by atoms with Gasteiger partial charge in [0.15, 0.2) is 0 Å². The van der Waals surface area contributed by atoms with Crippen molar-refractivity contribution in [3.63, 3.8) is 0 Å². The molecule has 178 valence electrons. The van der Waals surface area contributed by atoms with Gasteiger partial charge in [0.25, 0.3) is 11.8 Å². The molecule has 1 aliphatic carbocycles. The van der Waals surface area contributed by atoms with Crippen molar-refractivity contribution in [2.45, 2.75) is 124 Å². The Morgan fingerprint density at radius 1 is 0.645 bits per heavy atom. The highest BCUT2D eigenvalue weighted by atomic mass is 16.2. The second-order valence-corrected chi connectivity index (χ2v) is 10.2. The van der Waals surface area contributed by atoms with Crippen LogP contribution in [-0.2, 0) is 9.59 Å². The lowest BCUT2D eigenvalue weighted by Gasteiger charge is -2.44. The van der Waals surface area contributed by atoms with Gasteiger partial charge in [-0.15, -0.1) is 0 Å². The van der Waals surface area contributed by atoms with Crippen molar-refractivity contribution in [2.24, 2.45) is 23.7 Å². The number of nitrogens with zero attached hydrogens (tertiary/aromatic N) is 1. The van der Waals surface area contributed by atoms with E-state index in [0.717, 1.165) is 36.5 Å². The zero-order valence-electron chi connectivity index (χ0n) is 20.7. The number of carbonyl (C=O) groups is 2. The molecule has 1 fully saturated rings. The molecule has 31 heavy (non-hydrogen) atoms. The van der Waals surface area contributed by atoms with Gasteiger partial charge in [-0.25, -0.2) is 0 Å². The molecular weight excluding hydrogens is 382 g/mol. The van der Waals surface area contributed by atoms with Gasteiger partial charge in [0.2, 0.25) is 0 Å². The fraction of sp³-hybridized carbons (Fsp3) is 0.857. The third kappa shape index (κ3) is 8.39. The van der Waals surface area contributed by atoms with Gasteiger partial charge in [-0.2, -0.15) is 0 Å². The summed E-state index contributed by atoms with van der Waals surface area (Å²) in [6.45, 7) is 7.69. The molecule has 2 rings (SSSR count). The third-order valence-electron chi connectivity index (χ3n) is 7.95. The lowest BCUT2D eigenvalue weighted by molar-refractivity contribution is -0.136. The summed E-state index contributed by atoms with van der Waals surface area (Å²) >= 11 is 0. The van der Waals surface area contributed by atoms with E-state index >= 15 is 0 Å². The fourth-order valence-electron chi connectivity index (χ4n) is 6.35. The van der Waals surface area contributed by atoms with E-state index in [1.165, 1.54) is 107 Å². The van der Waals surface area contributed by atoms with Crippen LogP contribution < -0.4 is 0 Å². The van der Waals surface area contributed by atoms with Crippen molar-refractivity contribution >= 4 is 11.8 Å². The van der Waals surface area contributed by atoms with Crippen LogP contribution in [0.3, 0.4) is 0 Å². The average molecular weight is 432 g/mol. The summed E-state index contributed by atoms with van der Waals surface area (Å²) in [5.41, 5.74) is 0. The van der Waals surface area contributed by atoms with E-state index in [1.807, 2.05) is 0 Å². The molecule has 0 aromatic heterocycles. The van der Waals surface area contributed by atoms with Crippen LogP contribution in [0.1, 0.15) is 124 Å². The van der Waals surface area contributed by atoms with E-state index in [0.29, 0.717) is 6.54 Å². The monoisotopic (exact) mass is 431 g/mol. The second-order valence-electron chi connectivity index (χ2n) is 10.2. The lowest BCUT2D eigenvalue weighted by Crippen LogP contribution is -2.35. The molecule has 0 N–H and O–H groups in total. The number of unbranched alkanes of at least 4 members (excludes halogenated alkanes) is 6. The van der Waals surface area contributed by atoms with Gasteiger partial charge in [0.1, 0.15) is 0 Å². The standard InChI is InChI=1S/C28H49NO2/c1-4-7-17-26-23(14-5-2)18-19-24(25(26)15-6-3)16-12-10-8-9-11-13-22-29-27(30)20-21-28(29)31/h20-21,23-26H,4-19,22H2,1-3H3. The third-order valence-corrected chi connectivity index (χ3v) is 7.95. The molecule has 1 aliphatic heterocycles. The molecule has 3 nitrogen and oxygen atoms in total. The predicted molar refractivity (Wildman–Crippen MR) is 131 cm³/mol. The quantitative estimate of drug-likeness (QED) is 0.185. The van der Waals surface area contributed by atoms with E-state index in [9.17, 15) is 9.59 Å². The topological polar surface area (TPSA) is 37.4 Å². The molecule has 2 amide bonds. The first-order valence-electron chi connectivity index (χ1n) is 13.7. The molecule has 4 atom stereocenters. The molecule has 2 aliphatic rings. The Morgan fingerprint density at radius 3 is 1.81 bits per heavy atom. The Labute approximate surface area is 192 Å². The van der Waals surface area contributed by atoms with Gasteiger partial charge in [0.05, 0.1) is 0 Å². The van der Waals surface area contributed by atoms with Crippen molar-refractivity contribution in [1.29, 1.82) is 0 Å². The average Bonchev–Trinajstić information content (AvgIpc) is 3.08. The number of imide groups is 1. The molecule has 0 radical (unpaired) electrons. The molecular formula is C28H49NO2. The van der Waals surface area contributed by atoms with E-state index in [-0.39, 0.29) is 11.8 Å². The minimum absolute atomic E-state index is 0.141. The van der Waals surface area contributed by atoms with E-state index in [4.69, 9.17) is 0 Å². The molecule has 0 aromatic carbocycles. The van der Waals surface area contributed by atoms with Crippen LogP contribution in [0.5, 0.6) is 0 Å². The van der Waals surface area contributed by atoms with Gasteiger partial charge in [0, 0.05) is 18.7 Å². The first-order chi connectivity index (χ1) is 15.1. The first kappa shape index (κ1) is 26.1. The number of hydrogen-bond donors (Lipinski definition) is 0. The summed E-state index contributed by atoms with van der Waals surface area (Å²) in [4.78, 5) is 24.5. The Morgan fingerprint density at radius 2 is 1.19 bits per heavy atom. The van der Waals surface area contributed by atoms with Crippen molar-refractivity contribution < 1.29 is 9.59 Å². The maximum Gasteiger partial charge on any atom is 0.253 e. The highest BCUT2D eigenvalue weighted by molar-refractivity contribution is 6.12. The summed E-state index contributed by atoms with van der Waals surface area (Å²) in [5.74, 6) is 3.65. The zero-order valence-corrected chi connectivity index (χ0v) is 20.7. The van der Waals surface area contributed by atoms with Gasteiger partial charge < -0.3 is 0 Å². The van der Waals surface area contributed by atoms with Crippen LogP contribution >= 0.6 is 0 Å². The molecule has 1 heterocycles. The van der Waals surface area contributed by atoms with E-state index in [2.05, 4.69) is 20.8 Å². The highest BCUT2D eigenvalue weighted by Gasteiger charge is 2.37. The summed E-state index contributed by atoms with van der Waals surface area (Å²) in [6, 6.07) is 0. The normalized spacial score (nSPS) is 26.2. The first-order valence-corrected chi connectivity index (χ1v) is 13.7. The van der Waals surface area contributed by atoms with Crippen LogP contribution in [0.15, 0.2) is 12.2 Å². The molecule has 4 unspecified atom stereocenters. The van der Waals surface area contributed by atoms with Crippen molar-refractivity contribution in [3.8, 4) is 0 Å². The molecule has 0 bridgehead atoms. The number of amides is 2. The fourth-order valence-corrected chi connectivity index (χ4v) is 6.35. The highest BCUT2D eigenvalue weighted by Crippen LogP contribution is 2.47.